The maximum absolute atomic E-state index is 11.9. The van der Waals surface area contributed by atoms with Gasteiger partial charge in [-0.1, -0.05) is 6.07 Å². The summed E-state index contributed by atoms with van der Waals surface area (Å²) in [5, 5.41) is 8.98. The summed E-state index contributed by atoms with van der Waals surface area (Å²) in [6, 6.07) is 10.9. The molecule has 1 atom stereocenters. The Labute approximate surface area is 127 Å². The van der Waals surface area contributed by atoms with Crippen LogP contribution in [0.15, 0.2) is 46.9 Å². The van der Waals surface area contributed by atoms with Crippen LogP contribution in [-0.4, -0.2) is 25.3 Å². The van der Waals surface area contributed by atoms with Crippen molar-refractivity contribution >= 4 is 29.1 Å². The van der Waals surface area contributed by atoms with Gasteiger partial charge in [-0.15, -0.1) is 11.3 Å². The van der Waals surface area contributed by atoms with Crippen molar-refractivity contribution in [3.05, 3.63) is 46.7 Å². The molecule has 1 heterocycles. The number of methoxy groups -OCH3 is 1. The van der Waals surface area contributed by atoms with Crippen molar-refractivity contribution in [1.29, 1.82) is 0 Å². The van der Waals surface area contributed by atoms with Gasteiger partial charge in [0.25, 0.3) is 5.91 Å². The zero-order chi connectivity index (χ0) is 15.1. The first-order valence-corrected chi connectivity index (χ1v) is 7.34. The maximum atomic E-state index is 11.9. The first-order chi connectivity index (χ1) is 10.2. The maximum Gasteiger partial charge on any atom is 0.262 e. The van der Waals surface area contributed by atoms with Crippen molar-refractivity contribution in [2.45, 2.75) is 13.0 Å². The Kier molecular flexibility index (Phi) is 5.34. The lowest BCUT2D eigenvalue weighted by Crippen LogP contribution is -2.34. The van der Waals surface area contributed by atoms with Crippen molar-refractivity contribution in [2.75, 3.05) is 12.4 Å². The molecule has 110 valence electrons. The van der Waals surface area contributed by atoms with Crippen LogP contribution in [0.1, 0.15) is 11.8 Å². The SMILES string of the molecule is COc1ccc(N[C@H](C)C(=O)N/N=C\c2cccs2)cc1. The van der Waals surface area contributed by atoms with E-state index in [9.17, 15) is 4.79 Å². The quantitative estimate of drug-likeness (QED) is 0.637. The number of rotatable bonds is 6. The molecule has 21 heavy (non-hydrogen) atoms. The number of hydrogen-bond acceptors (Lipinski definition) is 5. The van der Waals surface area contributed by atoms with Crippen LogP contribution in [0, 0.1) is 0 Å². The molecular weight excluding hydrogens is 286 g/mol. The van der Waals surface area contributed by atoms with E-state index in [4.69, 9.17) is 4.74 Å². The van der Waals surface area contributed by atoms with Crippen LogP contribution in [0.25, 0.3) is 0 Å². The predicted octanol–water partition coefficient (Wildman–Crippen LogP) is 2.71. The summed E-state index contributed by atoms with van der Waals surface area (Å²) in [5.74, 6) is 0.580. The predicted molar refractivity (Wildman–Crippen MR) is 86.1 cm³/mol. The van der Waals surface area contributed by atoms with Gasteiger partial charge < -0.3 is 10.1 Å². The first kappa shape index (κ1) is 15.1. The summed E-state index contributed by atoms with van der Waals surface area (Å²) >= 11 is 1.56. The normalized spacial score (nSPS) is 12.1. The summed E-state index contributed by atoms with van der Waals surface area (Å²) in [6.07, 6.45) is 1.63. The van der Waals surface area contributed by atoms with Crippen molar-refractivity contribution in [1.82, 2.24) is 5.43 Å². The molecule has 0 bridgehead atoms. The van der Waals surface area contributed by atoms with E-state index in [1.54, 1.807) is 31.6 Å². The summed E-state index contributed by atoms with van der Waals surface area (Å²) in [5.41, 5.74) is 3.36. The average molecular weight is 303 g/mol. The van der Waals surface area contributed by atoms with Crippen LogP contribution in [0.3, 0.4) is 0 Å². The van der Waals surface area contributed by atoms with E-state index in [1.165, 1.54) is 0 Å². The number of carbonyl (C=O) groups excluding carboxylic acids is 1. The van der Waals surface area contributed by atoms with E-state index in [2.05, 4.69) is 15.8 Å². The van der Waals surface area contributed by atoms with Gasteiger partial charge in [0, 0.05) is 10.6 Å². The summed E-state index contributed by atoms with van der Waals surface area (Å²) < 4.78 is 5.08. The second kappa shape index (κ2) is 7.44. The third-order valence-corrected chi connectivity index (χ3v) is 3.58. The second-order valence-corrected chi connectivity index (χ2v) is 5.32. The van der Waals surface area contributed by atoms with Crippen LogP contribution in [-0.2, 0) is 4.79 Å². The van der Waals surface area contributed by atoms with Gasteiger partial charge in [0.1, 0.15) is 11.8 Å². The summed E-state index contributed by atoms with van der Waals surface area (Å²) in [7, 11) is 1.62. The summed E-state index contributed by atoms with van der Waals surface area (Å²) in [4.78, 5) is 12.9. The number of nitrogens with one attached hydrogen (secondary N) is 2. The Balaban J connectivity index is 1.84. The number of amides is 1. The van der Waals surface area contributed by atoms with Gasteiger partial charge >= 0.3 is 0 Å². The van der Waals surface area contributed by atoms with Gasteiger partial charge in [0.15, 0.2) is 0 Å². The van der Waals surface area contributed by atoms with E-state index < -0.39 is 0 Å². The van der Waals surface area contributed by atoms with Crippen LogP contribution in [0.4, 0.5) is 5.69 Å². The minimum absolute atomic E-state index is 0.196. The van der Waals surface area contributed by atoms with Crippen LogP contribution < -0.4 is 15.5 Å². The van der Waals surface area contributed by atoms with Gasteiger partial charge in [0.2, 0.25) is 0 Å². The van der Waals surface area contributed by atoms with Crippen molar-refractivity contribution in [2.24, 2.45) is 5.10 Å². The number of hydrogen-bond donors (Lipinski definition) is 2. The first-order valence-electron chi connectivity index (χ1n) is 6.46. The monoisotopic (exact) mass is 303 g/mol. The Morgan fingerprint density at radius 3 is 2.71 bits per heavy atom. The third-order valence-electron chi connectivity index (χ3n) is 2.78. The van der Waals surface area contributed by atoms with E-state index in [0.717, 1.165) is 16.3 Å². The Bertz CT molecular complexity index is 594. The molecule has 0 spiro atoms. The topological polar surface area (TPSA) is 62.7 Å². The third kappa shape index (κ3) is 4.61. The number of benzene rings is 1. The minimum atomic E-state index is -0.390. The van der Waals surface area contributed by atoms with Crippen molar-refractivity contribution < 1.29 is 9.53 Å². The van der Waals surface area contributed by atoms with Crippen molar-refractivity contribution in [3.8, 4) is 5.75 Å². The Morgan fingerprint density at radius 1 is 1.33 bits per heavy atom. The molecule has 1 aromatic carbocycles. The van der Waals surface area contributed by atoms with Gasteiger partial charge in [-0.25, -0.2) is 5.43 Å². The fraction of sp³-hybridized carbons (Fsp3) is 0.200. The lowest BCUT2D eigenvalue weighted by molar-refractivity contribution is -0.121. The van der Waals surface area contributed by atoms with E-state index in [0.29, 0.717) is 0 Å². The van der Waals surface area contributed by atoms with Crippen LogP contribution in [0.2, 0.25) is 0 Å². The highest BCUT2D eigenvalue weighted by Gasteiger charge is 2.11. The highest BCUT2D eigenvalue weighted by Crippen LogP contribution is 2.15. The molecule has 0 aliphatic rings. The lowest BCUT2D eigenvalue weighted by atomic mass is 10.2. The zero-order valence-corrected chi connectivity index (χ0v) is 12.7. The standard InChI is InChI=1S/C15H17N3O2S/c1-11(17-12-5-7-13(20-2)8-6-12)15(19)18-16-10-14-4-3-9-21-14/h3-11,17H,1-2H3,(H,18,19)/b16-10-/t11-/m1/s1. The lowest BCUT2D eigenvalue weighted by Gasteiger charge is -2.13. The molecule has 0 aliphatic heterocycles. The fourth-order valence-corrected chi connectivity index (χ4v) is 2.21. The number of anilines is 1. The van der Waals surface area contributed by atoms with E-state index >= 15 is 0 Å². The molecule has 2 N–H and O–H groups in total. The van der Waals surface area contributed by atoms with E-state index in [-0.39, 0.29) is 11.9 Å². The number of carbonyl (C=O) groups is 1. The number of thiophene rings is 1. The van der Waals surface area contributed by atoms with Gasteiger partial charge in [0.05, 0.1) is 13.3 Å². The molecule has 0 saturated carbocycles. The molecule has 0 fully saturated rings. The molecule has 5 nitrogen and oxygen atoms in total. The van der Waals surface area contributed by atoms with Gasteiger partial charge in [-0.3, -0.25) is 4.79 Å². The highest BCUT2D eigenvalue weighted by molar-refractivity contribution is 7.11. The zero-order valence-electron chi connectivity index (χ0n) is 11.9. The smallest absolute Gasteiger partial charge is 0.262 e. The minimum Gasteiger partial charge on any atom is -0.497 e. The van der Waals surface area contributed by atoms with Crippen LogP contribution >= 0.6 is 11.3 Å². The largest absolute Gasteiger partial charge is 0.497 e. The van der Waals surface area contributed by atoms with E-state index in [1.807, 2.05) is 41.8 Å². The molecule has 0 unspecified atom stereocenters. The molecule has 0 radical (unpaired) electrons. The van der Waals surface area contributed by atoms with Crippen LogP contribution in [0.5, 0.6) is 5.75 Å². The Morgan fingerprint density at radius 2 is 2.10 bits per heavy atom. The molecule has 1 amide bonds. The molecule has 0 saturated heterocycles. The number of ether oxygens (including phenoxy) is 1. The molecular formula is C15H17N3O2S. The fourth-order valence-electron chi connectivity index (χ4n) is 1.62. The Hall–Kier alpha value is -2.34. The molecule has 0 aliphatic carbocycles. The highest BCUT2D eigenvalue weighted by atomic mass is 32.1. The summed E-state index contributed by atoms with van der Waals surface area (Å²) in [6.45, 7) is 1.78. The van der Waals surface area contributed by atoms with Gasteiger partial charge in [-0.05, 0) is 42.6 Å². The molecule has 2 aromatic rings. The number of nitrogens with zero attached hydrogens (tertiary/aromatic N) is 1. The molecule has 6 heteroatoms. The molecule has 1 aromatic heterocycles. The molecule has 2 rings (SSSR count). The second-order valence-electron chi connectivity index (χ2n) is 4.34. The van der Waals surface area contributed by atoms with Crippen molar-refractivity contribution in [3.63, 3.8) is 0 Å². The number of hydrazone groups is 1. The average Bonchev–Trinajstić information content (AvgIpc) is 3.01. The van der Waals surface area contributed by atoms with Gasteiger partial charge in [-0.2, -0.15) is 5.10 Å².